The van der Waals surface area contributed by atoms with E-state index < -0.39 is 18.0 Å². The van der Waals surface area contributed by atoms with Crippen molar-refractivity contribution in [3.8, 4) is 5.75 Å². The first-order valence-electron chi connectivity index (χ1n) is 12.1. The first kappa shape index (κ1) is 24.2. The molecule has 1 aliphatic heterocycles. The third kappa shape index (κ3) is 5.93. The van der Waals surface area contributed by atoms with Gasteiger partial charge in [-0.15, -0.1) is 0 Å². The first-order chi connectivity index (χ1) is 16.5. The third-order valence-electron chi connectivity index (χ3n) is 7.09. The molecule has 0 saturated carbocycles. The van der Waals surface area contributed by atoms with Crippen molar-refractivity contribution >= 4 is 16.9 Å². The summed E-state index contributed by atoms with van der Waals surface area (Å²) in [6.07, 6.45) is 5.13. The van der Waals surface area contributed by atoms with Crippen LogP contribution in [-0.2, 0) is 11.2 Å². The fourth-order valence-corrected chi connectivity index (χ4v) is 5.14. The normalized spacial score (nSPS) is 19.7. The molecule has 3 aromatic rings. The van der Waals surface area contributed by atoms with Gasteiger partial charge in [0.2, 0.25) is 0 Å². The second-order valence-electron chi connectivity index (χ2n) is 9.26. The Morgan fingerprint density at radius 3 is 2.79 bits per heavy atom. The molecule has 0 unspecified atom stereocenters. The van der Waals surface area contributed by atoms with Crippen LogP contribution in [0.15, 0.2) is 60.8 Å². The van der Waals surface area contributed by atoms with Gasteiger partial charge in [0.05, 0.1) is 24.6 Å². The Morgan fingerprint density at radius 2 is 2.03 bits per heavy atom. The molecule has 1 aromatic heterocycles. The number of pyridine rings is 1. The van der Waals surface area contributed by atoms with Gasteiger partial charge in [0.25, 0.3) is 0 Å². The van der Waals surface area contributed by atoms with Gasteiger partial charge < -0.3 is 19.8 Å². The number of rotatable bonds is 10. The van der Waals surface area contributed by atoms with Gasteiger partial charge in [0.1, 0.15) is 5.75 Å². The predicted molar refractivity (Wildman–Crippen MR) is 133 cm³/mol. The Bertz CT molecular complexity index is 1090. The molecule has 0 spiro atoms. The zero-order valence-electron chi connectivity index (χ0n) is 19.8. The fourth-order valence-electron chi connectivity index (χ4n) is 5.14. The van der Waals surface area contributed by atoms with Crippen LogP contribution < -0.4 is 4.74 Å². The lowest BCUT2D eigenvalue weighted by molar-refractivity contribution is -0.146. The number of carboxylic acid groups (broad SMARTS) is 1. The summed E-state index contributed by atoms with van der Waals surface area (Å²) in [5.74, 6) is -0.335. The van der Waals surface area contributed by atoms with Crippen molar-refractivity contribution in [1.29, 1.82) is 0 Å². The zero-order chi connectivity index (χ0) is 23.9. The average molecular weight is 463 g/mol. The van der Waals surface area contributed by atoms with Crippen molar-refractivity contribution < 1.29 is 19.7 Å². The minimum Gasteiger partial charge on any atom is -0.497 e. The maximum atomic E-state index is 12.1. The largest absolute Gasteiger partial charge is 0.497 e. The number of carbonyl (C=O) groups is 1. The number of benzene rings is 2. The third-order valence-corrected chi connectivity index (χ3v) is 7.09. The van der Waals surface area contributed by atoms with Crippen LogP contribution in [0.1, 0.15) is 42.9 Å². The van der Waals surface area contributed by atoms with Gasteiger partial charge in [-0.1, -0.05) is 30.3 Å². The molecule has 34 heavy (non-hydrogen) atoms. The van der Waals surface area contributed by atoms with E-state index in [-0.39, 0.29) is 5.92 Å². The Labute approximate surface area is 201 Å². The van der Waals surface area contributed by atoms with Crippen LogP contribution in [0.25, 0.3) is 10.9 Å². The van der Waals surface area contributed by atoms with Crippen LogP contribution in [0.4, 0.5) is 0 Å². The Kier molecular flexibility index (Phi) is 8.14. The van der Waals surface area contributed by atoms with E-state index in [1.165, 1.54) is 5.56 Å². The lowest BCUT2D eigenvalue weighted by Gasteiger charge is -2.37. The molecule has 0 amide bonds. The molecular formula is C28H34N2O4. The Hall–Kier alpha value is -2.96. The summed E-state index contributed by atoms with van der Waals surface area (Å²) in [5.41, 5.74) is 2.95. The van der Waals surface area contributed by atoms with Crippen molar-refractivity contribution in [1.82, 2.24) is 9.88 Å². The molecule has 0 aliphatic carbocycles. The highest BCUT2D eigenvalue weighted by Gasteiger charge is 2.34. The molecule has 6 nitrogen and oxygen atoms in total. The number of aliphatic hydroxyl groups is 1. The molecular weight excluding hydrogens is 428 g/mol. The topological polar surface area (TPSA) is 82.9 Å². The summed E-state index contributed by atoms with van der Waals surface area (Å²) in [7, 11) is 1.62. The highest BCUT2D eigenvalue weighted by molar-refractivity contribution is 5.83. The van der Waals surface area contributed by atoms with E-state index in [1.54, 1.807) is 13.3 Å². The number of ether oxygens (including phenoxy) is 1. The minimum absolute atomic E-state index is 0.0696. The quantitative estimate of drug-likeness (QED) is 0.454. The van der Waals surface area contributed by atoms with Gasteiger partial charge >= 0.3 is 5.97 Å². The van der Waals surface area contributed by atoms with E-state index in [0.717, 1.165) is 54.6 Å². The predicted octanol–water partition coefficient (Wildman–Crippen LogP) is 4.71. The van der Waals surface area contributed by atoms with E-state index in [2.05, 4.69) is 34.1 Å². The van der Waals surface area contributed by atoms with Crippen LogP contribution in [0.3, 0.4) is 0 Å². The number of piperidine rings is 1. The zero-order valence-corrected chi connectivity index (χ0v) is 19.8. The number of likely N-dealkylation sites (tertiary alicyclic amines) is 1. The number of hydrogen-bond donors (Lipinski definition) is 2. The summed E-state index contributed by atoms with van der Waals surface area (Å²) < 4.78 is 5.34. The molecule has 2 N–H and O–H groups in total. The maximum absolute atomic E-state index is 12.1. The second kappa shape index (κ2) is 11.4. The van der Waals surface area contributed by atoms with E-state index in [1.807, 2.05) is 30.3 Å². The molecule has 180 valence electrons. The van der Waals surface area contributed by atoms with Crippen LogP contribution in [0, 0.1) is 11.8 Å². The molecule has 0 radical (unpaired) electrons. The van der Waals surface area contributed by atoms with Crippen molar-refractivity contribution in [2.45, 2.75) is 38.2 Å². The van der Waals surface area contributed by atoms with E-state index in [0.29, 0.717) is 19.4 Å². The number of aliphatic hydroxyl groups excluding tert-OH is 1. The molecule has 2 heterocycles. The molecule has 4 rings (SSSR count). The molecule has 0 bridgehead atoms. The minimum atomic E-state index is -0.730. The van der Waals surface area contributed by atoms with Crippen LogP contribution in [0.5, 0.6) is 5.75 Å². The highest BCUT2D eigenvalue weighted by atomic mass is 16.5. The standard InChI is InChI=1S/C28H34N2O4/c1-34-22-10-11-26-24(18-22)23(13-15-29-26)27(31)12-9-21-14-17-30(19-25(21)28(32)33)16-5-8-20-6-3-2-4-7-20/h2-4,6-7,10-11,13,15,18,21,25,27,31H,5,8-9,12,14,16-17,19H2,1H3,(H,32,33)/t21-,25+,27-/m1/s1. The highest BCUT2D eigenvalue weighted by Crippen LogP contribution is 2.33. The Morgan fingerprint density at radius 1 is 1.21 bits per heavy atom. The number of aliphatic carboxylic acids is 1. The van der Waals surface area contributed by atoms with Gasteiger partial charge in [-0.05, 0) is 86.5 Å². The van der Waals surface area contributed by atoms with Crippen molar-refractivity contribution in [2.24, 2.45) is 11.8 Å². The number of nitrogens with zero attached hydrogens (tertiary/aromatic N) is 2. The number of fused-ring (bicyclic) bond motifs is 1. The van der Waals surface area contributed by atoms with E-state index >= 15 is 0 Å². The van der Waals surface area contributed by atoms with Crippen LogP contribution >= 0.6 is 0 Å². The van der Waals surface area contributed by atoms with Gasteiger partial charge in [0, 0.05) is 18.1 Å². The van der Waals surface area contributed by atoms with E-state index in [4.69, 9.17) is 4.74 Å². The van der Waals surface area contributed by atoms with Crippen LogP contribution in [-0.4, -0.2) is 52.8 Å². The van der Waals surface area contributed by atoms with Gasteiger partial charge in [0.15, 0.2) is 0 Å². The smallest absolute Gasteiger partial charge is 0.308 e. The molecule has 6 heteroatoms. The summed E-state index contributed by atoms with van der Waals surface area (Å²) in [6, 6.07) is 17.9. The van der Waals surface area contributed by atoms with Crippen LogP contribution in [0.2, 0.25) is 0 Å². The molecule has 1 saturated heterocycles. The number of aromatic nitrogens is 1. The average Bonchev–Trinajstić information content (AvgIpc) is 2.87. The Balaban J connectivity index is 1.34. The summed E-state index contributed by atoms with van der Waals surface area (Å²) in [4.78, 5) is 18.7. The molecule has 1 aliphatic rings. The maximum Gasteiger partial charge on any atom is 0.308 e. The molecule has 2 aromatic carbocycles. The number of hydrogen-bond acceptors (Lipinski definition) is 5. The number of carboxylic acids is 1. The SMILES string of the molecule is COc1ccc2nccc([C@H](O)CC[C@@H]3CCN(CCCc4ccccc4)C[C@@H]3C(=O)O)c2c1. The molecule has 3 atom stereocenters. The van der Waals surface area contributed by atoms with Crippen molar-refractivity contribution in [3.63, 3.8) is 0 Å². The van der Waals surface area contributed by atoms with Crippen molar-refractivity contribution in [2.75, 3.05) is 26.7 Å². The summed E-state index contributed by atoms with van der Waals surface area (Å²) in [6.45, 7) is 2.41. The second-order valence-corrected chi connectivity index (χ2v) is 9.26. The van der Waals surface area contributed by atoms with Gasteiger partial charge in [-0.2, -0.15) is 0 Å². The monoisotopic (exact) mass is 462 g/mol. The van der Waals surface area contributed by atoms with Gasteiger partial charge in [-0.25, -0.2) is 0 Å². The first-order valence-corrected chi connectivity index (χ1v) is 12.1. The lowest BCUT2D eigenvalue weighted by Crippen LogP contribution is -2.44. The number of methoxy groups -OCH3 is 1. The lowest BCUT2D eigenvalue weighted by atomic mass is 9.81. The summed E-state index contributed by atoms with van der Waals surface area (Å²) >= 11 is 0. The van der Waals surface area contributed by atoms with Gasteiger partial charge in [-0.3, -0.25) is 9.78 Å². The van der Waals surface area contributed by atoms with Crippen molar-refractivity contribution in [3.05, 3.63) is 71.9 Å². The fraction of sp³-hybridized carbons (Fsp3) is 0.429. The van der Waals surface area contributed by atoms with E-state index in [9.17, 15) is 15.0 Å². The summed E-state index contributed by atoms with van der Waals surface area (Å²) in [5, 5.41) is 21.8. The molecule has 1 fully saturated rings. The number of aryl methyl sites for hydroxylation is 1.